The number of hydrogen-bond donors (Lipinski definition) is 0. The van der Waals surface area contributed by atoms with Gasteiger partial charge in [0, 0.05) is 12.4 Å². The number of pyridine rings is 1. The Labute approximate surface area is 156 Å². The van der Waals surface area contributed by atoms with Crippen molar-refractivity contribution >= 4 is 11.7 Å². The van der Waals surface area contributed by atoms with Gasteiger partial charge in [0.25, 0.3) is 5.91 Å². The number of ketones is 1. The Balaban J connectivity index is 1.59. The molecule has 27 heavy (non-hydrogen) atoms. The number of fused-ring (bicyclic) bond motifs is 1. The monoisotopic (exact) mass is 364 g/mol. The minimum atomic E-state index is -0.462. The zero-order valence-electron chi connectivity index (χ0n) is 14.8. The van der Waals surface area contributed by atoms with E-state index in [1.807, 2.05) is 18.2 Å². The fourth-order valence-electron chi connectivity index (χ4n) is 4.52. The first-order chi connectivity index (χ1) is 13.2. The predicted octanol–water partition coefficient (Wildman–Crippen LogP) is 3.17. The van der Waals surface area contributed by atoms with Gasteiger partial charge in [0.1, 0.15) is 11.9 Å². The van der Waals surface area contributed by atoms with Crippen molar-refractivity contribution in [2.24, 2.45) is 5.92 Å². The first kappa shape index (κ1) is 16.3. The molecule has 5 rings (SSSR count). The number of nitrogens with zero attached hydrogens (tertiary/aromatic N) is 2. The van der Waals surface area contributed by atoms with E-state index in [4.69, 9.17) is 9.15 Å². The van der Waals surface area contributed by atoms with Gasteiger partial charge in [-0.05, 0) is 49.1 Å². The molecule has 1 amide bonds. The number of ether oxygens (including phenoxy) is 1. The van der Waals surface area contributed by atoms with Gasteiger partial charge in [-0.25, -0.2) is 0 Å². The molecule has 2 aromatic rings. The molecule has 4 heterocycles. The molecule has 3 atom stereocenters. The molecule has 2 aliphatic heterocycles. The van der Waals surface area contributed by atoms with E-state index in [-0.39, 0.29) is 36.0 Å². The molecular weight excluding hydrogens is 344 g/mol. The van der Waals surface area contributed by atoms with Gasteiger partial charge in [-0.1, -0.05) is 6.42 Å². The minimum Gasteiger partial charge on any atom is -0.483 e. The summed E-state index contributed by atoms with van der Waals surface area (Å²) in [7, 11) is 0. The molecule has 1 fully saturated rings. The number of rotatable bonds is 3. The average Bonchev–Trinajstić information content (AvgIpc) is 3.31. The Morgan fingerprint density at radius 3 is 2.70 bits per heavy atom. The summed E-state index contributed by atoms with van der Waals surface area (Å²) in [4.78, 5) is 32.3. The molecule has 2 aromatic heterocycles. The molecule has 138 valence electrons. The van der Waals surface area contributed by atoms with Crippen molar-refractivity contribution < 1.29 is 18.7 Å². The van der Waals surface area contributed by atoms with Crippen LogP contribution in [0.15, 0.2) is 58.7 Å². The predicted molar refractivity (Wildman–Crippen MR) is 95.1 cm³/mol. The van der Waals surface area contributed by atoms with E-state index in [0.29, 0.717) is 11.3 Å². The highest BCUT2D eigenvalue weighted by molar-refractivity contribution is 6.11. The number of carbonyl (C=O) groups excluding carboxylic acids is 2. The Morgan fingerprint density at radius 1 is 1.11 bits per heavy atom. The lowest BCUT2D eigenvalue weighted by Gasteiger charge is -2.35. The van der Waals surface area contributed by atoms with Crippen LogP contribution in [0.3, 0.4) is 0 Å². The minimum absolute atomic E-state index is 0.0676. The summed E-state index contributed by atoms with van der Waals surface area (Å²) < 4.78 is 11.6. The quantitative estimate of drug-likeness (QED) is 0.836. The largest absolute Gasteiger partial charge is 0.483 e. The van der Waals surface area contributed by atoms with E-state index in [9.17, 15) is 9.59 Å². The van der Waals surface area contributed by atoms with E-state index >= 15 is 0 Å². The summed E-state index contributed by atoms with van der Waals surface area (Å²) in [5.41, 5.74) is 1.36. The molecule has 3 aliphatic rings. The highest BCUT2D eigenvalue weighted by Crippen LogP contribution is 2.47. The summed E-state index contributed by atoms with van der Waals surface area (Å²) in [5, 5.41) is 0. The summed E-state index contributed by atoms with van der Waals surface area (Å²) in [6.07, 6.45) is 8.51. The molecular formula is C21H20N2O4. The van der Waals surface area contributed by atoms with Crippen LogP contribution in [0.25, 0.3) is 0 Å². The van der Waals surface area contributed by atoms with Gasteiger partial charge in [0.15, 0.2) is 11.5 Å². The van der Waals surface area contributed by atoms with Crippen molar-refractivity contribution in [3.05, 3.63) is 65.6 Å². The summed E-state index contributed by atoms with van der Waals surface area (Å²) in [5.74, 6) is 0.598. The van der Waals surface area contributed by atoms with E-state index < -0.39 is 6.04 Å². The van der Waals surface area contributed by atoms with Crippen molar-refractivity contribution in [1.82, 2.24) is 9.88 Å². The zero-order valence-corrected chi connectivity index (χ0v) is 14.8. The standard InChI is InChI=1S/C21H20N2O4/c24-19-15-5-1-2-6-16(15)27-20-17(19)18(13-7-9-22-10-8-13)23(21(20)25)12-14-4-3-11-26-14/h3-4,7-11,15-16,18H,1-2,5-6,12H2. The second kappa shape index (κ2) is 6.37. The zero-order chi connectivity index (χ0) is 18.4. The summed E-state index contributed by atoms with van der Waals surface area (Å²) >= 11 is 0. The fraction of sp³-hybridized carbons (Fsp3) is 0.381. The van der Waals surface area contributed by atoms with Crippen molar-refractivity contribution in [2.45, 2.75) is 44.4 Å². The number of furan rings is 1. The lowest BCUT2D eigenvalue weighted by molar-refractivity contribution is -0.135. The van der Waals surface area contributed by atoms with Gasteiger partial charge in [0.2, 0.25) is 0 Å². The first-order valence-electron chi connectivity index (χ1n) is 9.42. The van der Waals surface area contributed by atoms with E-state index in [0.717, 1.165) is 31.2 Å². The van der Waals surface area contributed by atoms with Crippen LogP contribution in [0.5, 0.6) is 0 Å². The number of aromatic nitrogens is 1. The highest BCUT2D eigenvalue weighted by Gasteiger charge is 2.51. The maximum atomic E-state index is 13.4. The van der Waals surface area contributed by atoms with Crippen LogP contribution < -0.4 is 0 Å². The van der Waals surface area contributed by atoms with E-state index in [1.165, 1.54) is 0 Å². The van der Waals surface area contributed by atoms with Crippen molar-refractivity contribution in [3.63, 3.8) is 0 Å². The van der Waals surface area contributed by atoms with Crippen LogP contribution >= 0.6 is 0 Å². The third-order valence-corrected chi connectivity index (χ3v) is 5.79. The molecule has 0 aromatic carbocycles. The molecule has 3 unspecified atom stereocenters. The summed E-state index contributed by atoms with van der Waals surface area (Å²) in [6, 6.07) is 6.86. The number of carbonyl (C=O) groups is 2. The Kier molecular flexibility index (Phi) is 3.85. The van der Waals surface area contributed by atoms with Gasteiger partial charge >= 0.3 is 0 Å². The van der Waals surface area contributed by atoms with Crippen LogP contribution in [0.2, 0.25) is 0 Å². The SMILES string of the molecule is O=C1C2=C(OC3CCCCC13)C(=O)N(Cc1ccco1)C2c1ccncc1. The molecule has 0 N–H and O–H groups in total. The second-order valence-electron chi connectivity index (χ2n) is 7.35. The normalized spacial score (nSPS) is 27.4. The molecule has 0 spiro atoms. The van der Waals surface area contributed by atoms with Gasteiger partial charge in [0.05, 0.1) is 30.3 Å². The molecule has 0 radical (unpaired) electrons. The van der Waals surface area contributed by atoms with Gasteiger partial charge in [-0.2, -0.15) is 0 Å². The lowest BCUT2D eigenvalue weighted by Crippen LogP contribution is -2.39. The summed E-state index contributed by atoms with van der Waals surface area (Å²) in [6.45, 7) is 0.289. The lowest BCUT2D eigenvalue weighted by atomic mass is 9.77. The van der Waals surface area contributed by atoms with Gasteiger partial charge < -0.3 is 14.1 Å². The average molecular weight is 364 g/mol. The number of Topliss-reactive ketones (excluding diaryl/α,β-unsaturated/α-hetero) is 1. The fourth-order valence-corrected chi connectivity index (χ4v) is 4.52. The molecule has 0 saturated heterocycles. The van der Waals surface area contributed by atoms with Crippen LogP contribution in [-0.2, 0) is 20.9 Å². The maximum Gasteiger partial charge on any atom is 0.290 e. The molecule has 6 nitrogen and oxygen atoms in total. The third kappa shape index (κ3) is 2.59. The first-order valence-corrected chi connectivity index (χ1v) is 9.42. The topological polar surface area (TPSA) is 72.6 Å². The Bertz CT molecular complexity index is 904. The van der Waals surface area contributed by atoms with Gasteiger partial charge in [-0.15, -0.1) is 0 Å². The van der Waals surface area contributed by atoms with Crippen LogP contribution in [-0.4, -0.2) is 27.7 Å². The highest BCUT2D eigenvalue weighted by atomic mass is 16.5. The molecule has 0 bridgehead atoms. The molecule has 1 aliphatic carbocycles. The number of hydrogen-bond acceptors (Lipinski definition) is 5. The van der Waals surface area contributed by atoms with E-state index in [2.05, 4.69) is 4.98 Å². The van der Waals surface area contributed by atoms with Gasteiger partial charge in [-0.3, -0.25) is 14.6 Å². The van der Waals surface area contributed by atoms with Crippen molar-refractivity contribution in [1.29, 1.82) is 0 Å². The van der Waals surface area contributed by atoms with Crippen molar-refractivity contribution in [2.75, 3.05) is 0 Å². The van der Waals surface area contributed by atoms with Crippen molar-refractivity contribution in [3.8, 4) is 0 Å². The molecule has 6 heteroatoms. The Hall–Kier alpha value is -2.89. The third-order valence-electron chi connectivity index (χ3n) is 5.79. The second-order valence-corrected chi connectivity index (χ2v) is 7.35. The van der Waals surface area contributed by atoms with E-state index in [1.54, 1.807) is 29.6 Å². The van der Waals surface area contributed by atoms with Crippen LogP contribution in [0, 0.1) is 5.92 Å². The maximum absolute atomic E-state index is 13.4. The van der Waals surface area contributed by atoms with Crippen LogP contribution in [0.4, 0.5) is 0 Å². The number of amides is 1. The smallest absolute Gasteiger partial charge is 0.290 e. The molecule has 1 saturated carbocycles. The van der Waals surface area contributed by atoms with Crippen LogP contribution in [0.1, 0.15) is 43.0 Å². The Morgan fingerprint density at radius 2 is 1.93 bits per heavy atom.